The van der Waals surface area contributed by atoms with E-state index in [0.29, 0.717) is 17.3 Å². The molecule has 126 valence electrons. The van der Waals surface area contributed by atoms with Crippen LogP contribution in [0.2, 0.25) is 0 Å². The smallest absolute Gasteiger partial charge is 0.321 e. The minimum Gasteiger partial charge on any atom is -0.467 e. The topological polar surface area (TPSA) is 93.1 Å². The van der Waals surface area contributed by atoms with Gasteiger partial charge in [0.25, 0.3) is 5.91 Å². The second-order valence-electron chi connectivity index (χ2n) is 5.51. The van der Waals surface area contributed by atoms with Crippen LogP contribution in [0.25, 0.3) is 0 Å². The van der Waals surface area contributed by atoms with Crippen molar-refractivity contribution in [3.05, 3.63) is 35.9 Å². The van der Waals surface area contributed by atoms with Gasteiger partial charge in [-0.05, 0) is 31.4 Å². The molecule has 0 saturated carbocycles. The van der Waals surface area contributed by atoms with Crippen LogP contribution < -0.4 is 15.0 Å². The maximum absolute atomic E-state index is 12.1. The van der Waals surface area contributed by atoms with Gasteiger partial charge in [0.2, 0.25) is 5.95 Å². The number of ether oxygens (including phenoxy) is 1. The van der Waals surface area contributed by atoms with Crippen LogP contribution >= 0.6 is 0 Å². The van der Waals surface area contributed by atoms with E-state index in [2.05, 4.69) is 30.2 Å². The minimum absolute atomic E-state index is 0.202. The molecule has 2 aromatic heterocycles. The van der Waals surface area contributed by atoms with Crippen molar-refractivity contribution in [2.45, 2.75) is 25.8 Å². The van der Waals surface area contributed by atoms with E-state index in [4.69, 9.17) is 4.74 Å². The van der Waals surface area contributed by atoms with Crippen molar-refractivity contribution >= 4 is 11.9 Å². The second kappa shape index (κ2) is 7.67. The Hall–Kier alpha value is -2.77. The number of nitrogens with one attached hydrogen (secondary N) is 1. The average molecular weight is 328 g/mol. The number of hydrogen-bond acceptors (Lipinski definition) is 7. The summed E-state index contributed by atoms with van der Waals surface area (Å²) in [5.41, 5.74) is 0.495. The lowest BCUT2D eigenvalue weighted by atomic mass is 10.1. The monoisotopic (exact) mass is 328 g/mol. The van der Waals surface area contributed by atoms with Gasteiger partial charge < -0.3 is 15.0 Å². The number of hydrogen-bond donors (Lipinski definition) is 1. The number of carbonyl (C=O) groups excluding carboxylic acids is 1. The summed E-state index contributed by atoms with van der Waals surface area (Å²) in [7, 11) is 1.52. The number of rotatable bonds is 5. The van der Waals surface area contributed by atoms with Crippen LogP contribution in [0.1, 0.15) is 35.4 Å². The van der Waals surface area contributed by atoms with E-state index in [1.54, 1.807) is 18.3 Å². The number of aromatic nitrogens is 4. The van der Waals surface area contributed by atoms with E-state index < -0.39 is 0 Å². The molecule has 1 N–H and O–H groups in total. The summed E-state index contributed by atoms with van der Waals surface area (Å²) in [6.07, 6.45) is 6.62. The van der Waals surface area contributed by atoms with Gasteiger partial charge in [-0.3, -0.25) is 9.78 Å². The molecule has 24 heavy (non-hydrogen) atoms. The summed E-state index contributed by atoms with van der Waals surface area (Å²) < 4.78 is 5.17. The lowest BCUT2D eigenvalue weighted by Crippen LogP contribution is -2.32. The van der Waals surface area contributed by atoms with Crippen LogP contribution in [0, 0.1) is 0 Å². The fourth-order valence-electron chi connectivity index (χ4n) is 2.55. The predicted molar refractivity (Wildman–Crippen MR) is 87.9 cm³/mol. The first-order chi connectivity index (χ1) is 11.8. The number of carbonyl (C=O) groups is 1. The Bertz CT molecular complexity index is 688. The number of pyridine rings is 1. The molecule has 1 fully saturated rings. The van der Waals surface area contributed by atoms with Crippen molar-refractivity contribution in [2.75, 3.05) is 25.1 Å². The molecule has 0 atom stereocenters. The zero-order valence-electron chi connectivity index (χ0n) is 13.6. The van der Waals surface area contributed by atoms with Gasteiger partial charge in [-0.1, -0.05) is 0 Å². The Morgan fingerprint density at radius 1 is 1.25 bits per heavy atom. The second-order valence-corrected chi connectivity index (χ2v) is 5.51. The molecule has 0 unspecified atom stereocenters. The van der Waals surface area contributed by atoms with Gasteiger partial charge >= 0.3 is 6.01 Å². The Labute approximate surface area is 140 Å². The molecule has 3 rings (SSSR count). The molecule has 1 amide bonds. The van der Waals surface area contributed by atoms with Crippen molar-refractivity contribution in [1.82, 2.24) is 25.3 Å². The standard InChI is InChI=1S/C16H20N6O2/c1-24-16-20-13(11-18-14(23)12-6-5-7-17-10-12)19-15(21-16)22-8-3-2-4-9-22/h5-7,10H,2-4,8-9,11H2,1H3,(H,18,23). The van der Waals surface area contributed by atoms with Crippen LogP contribution in [-0.4, -0.2) is 46.0 Å². The number of nitrogens with zero attached hydrogens (tertiary/aromatic N) is 5. The Kier molecular flexibility index (Phi) is 5.15. The highest BCUT2D eigenvalue weighted by Gasteiger charge is 2.17. The Morgan fingerprint density at radius 3 is 2.79 bits per heavy atom. The third kappa shape index (κ3) is 3.95. The lowest BCUT2D eigenvalue weighted by molar-refractivity contribution is 0.0949. The molecule has 8 nitrogen and oxygen atoms in total. The van der Waals surface area contributed by atoms with Crippen LogP contribution in [0.15, 0.2) is 24.5 Å². The third-order valence-corrected chi connectivity index (χ3v) is 3.80. The molecule has 8 heteroatoms. The summed E-state index contributed by atoms with van der Waals surface area (Å²) in [6, 6.07) is 3.68. The maximum atomic E-state index is 12.1. The Morgan fingerprint density at radius 2 is 2.08 bits per heavy atom. The quantitative estimate of drug-likeness (QED) is 0.881. The molecule has 1 saturated heterocycles. The summed E-state index contributed by atoms with van der Waals surface area (Å²) in [5.74, 6) is 0.855. The van der Waals surface area contributed by atoms with Crippen LogP contribution in [-0.2, 0) is 6.54 Å². The third-order valence-electron chi connectivity index (χ3n) is 3.80. The normalized spacial score (nSPS) is 14.3. The molecule has 0 aromatic carbocycles. The van der Waals surface area contributed by atoms with Gasteiger partial charge in [-0.15, -0.1) is 0 Å². The number of anilines is 1. The molecule has 0 radical (unpaired) electrons. The zero-order valence-corrected chi connectivity index (χ0v) is 13.6. The van der Waals surface area contributed by atoms with Gasteiger partial charge in [0.1, 0.15) is 0 Å². The van der Waals surface area contributed by atoms with Gasteiger partial charge in [0.05, 0.1) is 19.2 Å². The summed E-state index contributed by atoms with van der Waals surface area (Å²) in [6.45, 7) is 2.05. The van der Waals surface area contributed by atoms with E-state index in [1.165, 1.54) is 19.7 Å². The molecule has 0 aliphatic carbocycles. The highest BCUT2D eigenvalue weighted by atomic mass is 16.5. The van der Waals surface area contributed by atoms with E-state index in [0.717, 1.165) is 25.9 Å². The largest absolute Gasteiger partial charge is 0.467 e. The van der Waals surface area contributed by atoms with Crippen molar-refractivity contribution < 1.29 is 9.53 Å². The molecule has 3 heterocycles. The highest BCUT2D eigenvalue weighted by Crippen LogP contribution is 2.17. The summed E-state index contributed by atoms with van der Waals surface area (Å²) in [5, 5.41) is 2.79. The molecule has 2 aromatic rings. The average Bonchev–Trinajstić information content (AvgIpc) is 2.67. The van der Waals surface area contributed by atoms with Crippen LogP contribution in [0.4, 0.5) is 5.95 Å². The number of amides is 1. The first-order valence-electron chi connectivity index (χ1n) is 7.98. The van der Waals surface area contributed by atoms with E-state index in [-0.39, 0.29) is 18.5 Å². The van der Waals surface area contributed by atoms with Gasteiger partial charge in [-0.25, -0.2) is 0 Å². The van der Waals surface area contributed by atoms with E-state index >= 15 is 0 Å². The zero-order chi connectivity index (χ0) is 16.8. The summed E-state index contributed by atoms with van der Waals surface area (Å²) in [4.78, 5) is 31.1. The van der Waals surface area contributed by atoms with Gasteiger partial charge in [-0.2, -0.15) is 15.0 Å². The SMILES string of the molecule is COc1nc(CNC(=O)c2cccnc2)nc(N2CCCCC2)n1. The fraction of sp³-hybridized carbons (Fsp3) is 0.438. The van der Waals surface area contributed by atoms with Crippen LogP contribution in [0.5, 0.6) is 6.01 Å². The number of piperidine rings is 1. The van der Waals surface area contributed by atoms with Gasteiger partial charge in [0, 0.05) is 25.5 Å². The first-order valence-corrected chi connectivity index (χ1v) is 7.98. The molecule has 0 spiro atoms. The summed E-state index contributed by atoms with van der Waals surface area (Å²) >= 11 is 0. The Balaban J connectivity index is 1.71. The maximum Gasteiger partial charge on any atom is 0.321 e. The highest BCUT2D eigenvalue weighted by molar-refractivity contribution is 5.93. The first kappa shape index (κ1) is 16.1. The van der Waals surface area contributed by atoms with Crippen LogP contribution in [0.3, 0.4) is 0 Å². The molecule has 1 aliphatic rings. The van der Waals surface area contributed by atoms with Crippen molar-refractivity contribution in [3.63, 3.8) is 0 Å². The van der Waals surface area contributed by atoms with Crippen molar-refractivity contribution in [1.29, 1.82) is 0 Å². The number of methoxy groups -OCH3 is 1. The lowest BCUT2D eigenvalue weighted by Gasteiger charge is -2.26. The molecular weight excluding hydrogens is 308 g/mol. The van der Waals surface area contributed by atoms with Crippen molar-refractivity contribution in [2.24, 2.45) is 0 Å². The van der Waals surface area contributed by atoms with Crippen molar-refractivity contribution in [3.8, 4) is 6.01 Å². The molecular formula is C16H20N6O2. The van der Waals surface area contributed by atoms with E-state index in [9.17, 15) is 4.79 Å². The fourth-order valence-corrected chi connectivity index (χ4v) is 2.55. The predicted octanol–water partition coefficient (Wildman–Crippen LogP) is 1.20. The van der Waals surface area contributed by atoms with E-state index in [1.807, 2.05) is 0 Å². The van der Waals surface area contributed by atoms with Gasteiger partial charge in [0.15, 0.2) is 5.82 Å². The molecule has 1 aliphatic heterocycles. The minimum atomic E-state index is -0.220. The molecule has 0 bridgehead atoms.